The number of hydrogen-bond donors (Lipinski definition) is 0. The number of likely N-dealkylation sites (tertiary alicyclic amines) is 1. The number of rotatable bonds is 7. The molecule has 132 valence electrons. The van der Waals surface area contributed by atoms with Crippen LogP contribution in [0.2, 0.25) is 0 Å². The maximum atomic E-state index is 14.5. The molecule has 0 spiro atoms. The molecule has 2 nitrogen and oxygen atoms in total. The molecule has 0 N–H and O–H groups in total. The molecule has 0 bridgehead atoms. The number of halogens is 3. The lowest BCUT2D eigenvalue weighted by molar-refractivity contribution is -0.00587. The molecule has 1 saturated heterocycles. The Hall–Kier alpha value is -0.260. The predicted octanol–water partition coefficient (Wildman–Crippen LogP) is 4.80. The van der Waals surface area contributed by atoms with Gasteiger partial charge in [0, 0.05) is 6.54 Å². The molecule has 2 atom stereocenters. The smallest absolute Gasteiger partial charge is 0.212 e. The Bertz CT molecular complexity index is 427. The van der Waals surface area contributed by atoms with E-state index in [4.69, 9.17) is 4.74 Å². The van der Waals surface area contributed by atoms with E-state index < -0.39 is 16.4 Å². The van der Waals surface area contributed by atoms with Crippen LogP contribution in [-0.2, 0) is 4.74 Å². The number of hydrogen-bond acceptors (Lipinski definition) is 2. The summed E-state index contributed by atoms with van der Waals surface area (Å²) in [5.41, 5.74) is -1.06. The first-order valence-corrected chi connectivity index (χ1v) is 9.44. The van der Waals surface area contributed by atoms with Crippen LogP contribution in [0.5, 0.6) is 0 Å². The van der Waals surface area contributed by atoms with Crippen molar-refractivity contribution in [2.75, 3.05) is 26.2 Å². The van der Waals surface area contributed by atoms with Crippen molar-refractivity contribution in [2.45, 2.75) is 55.9 Å². The lowest BCUT2D eigenvalue weighted by Crippen LogP contribution is -2.44. The number of piperidine rings is 1. The van der Waals surface area contributed by atoms with Crippen LogP contribution in [0.15, 0.2) is 24.3 Å². The molecule has 0 aromatic rings. The van der Waals surface area contributed by atoms with E-state index in [1.165, 1.54) is 6.08 Å². The van der Waals surface area contributed by atoms with Crippen molar-refractivity contribution in [3.8, 4) is 0 Å². The van der Waals surface area contributed by atoms with E-state index in [9.17, 15) is 8.78 Å². The van der Waals surface area contributed by atoms with E-state index >= 15 is 0 Å². The highest BCUT2D eigenvalue weighted by molar-refractivity contribution is 9.10. The highest BCUT2D eigenvalue weighted by Crippen LogP contribution is 2.33. The summed E-state index contributed by atoms with van der Waals surface area (Å²) in [5.74, 6) is 0.422. The van der Waals surface area contributed by atoms with Crippen molar-refractivity contribution in [3.63, 3.8) is 0 Å². The average molecular weight is 392 g/mol. The lowest BCUT2D eigenvalue weighted by Gasteiger charge is -2.37. The summed E-state index contributed by atoms with van der Waals surface area (Å²) >= 11 is 3.06. The first-order valence-electron chi connectivity index (χ1n) is 8.65. The fourth-order valence-electron chi connectivity index (χ4n) is 3.16. The largest absolute Gasteiger partial charge is 0.369 e. The van der Waals surface area contributed by atoms with Gasteiger partial charge in [-0.25, -0.2) is 8.78 Å². The highest BCUT2D eigenvalue weighted by atomic mass is 79.9. The monoisotopic (exact) mass is 391 g/mol. The molecule has 5 heteroatoms. The standard InChI is InChI=1S/C18H28BrF2NO/c1-3-17(20,4-2)14-22-11-8-15(9-12-22)13-23-16-7-5-6-10-18(16,19)21/h5-7,10,15-16H,3-4,8-9,11-14H2,1-2H3. The molecular weight excluding hydrogens is 364 g/mol. The van der Waals surface area contributed by atoms with E-state index in [0.29, 0.717) is 31.9 Å². The zero-order chi connectivity index (χ0) is 16.9. The van der Waals surface area contributed by atoms with Crippen LogP contribution in [-0.4, -0.2) is 47.5 Å². The number of ether oxygens (including phenoxy) is 1. The SMILES string of the molecule is CCC(F)(CC)CN1CCC(COC2C=CC=CC2(F)Br)CC1. The van der Waals surface area contributed by atoms with E-state index in [1.54, 1.807) is 12.2 Å². The summed E-state index contributed by atoms with van der Waals surface area (Å²) in [6.07, 6.45) is 9.22. The second kappa shape index (κ2) is 8.21. The van der Waals surface area contributed by atoms with Crippen LogP contribution in [0, 0.1) is 5.92 Å². The van der Waals surface area contributed by atoms with Gasteiger partial charge in [-0.2, -0.15) is 0 Å². The molecule has 2 aliphatic rings. The van der Waals surface area contributed by atoms with Gasteiger partial charge in [0.15, 0.2) is 0 Å². The Morgan fingerprint density at radius 3 is 2.48 bits per heavy atom. The zero-order valence-electron chi connectivity index (χ0n) is 14.1. The van der Waals surface area contributed by atoms with Gasteiger partial charge in [0.1, 0.15) is 11.8 Å². The molecule has 1 aliphatic heterocycles. The minimum absolute atomic E-state index is 0.422. The van der Waals surface area contributed by atoms with Crippen LogP contribution < -0.4 is 0 Å². The summed E-state index contributed by atoms with van der Waals surface area (Å²) in [7, 11) is 0. The predicted molar refractivity (Wildman–Crippen MR) is 94.4 cm³/mol. The van der Waals surface area contributed by atoms with Crippen LogP contribution in [0.25, 0.3) is 0 Å². The summed E-state index contributed by atoms with van der Waals surface area (Å²) in [6, 6.07) is 0. The first kappa shape index (κ1) is 19.1. The van der Waals surface area contributed by atoms with E-state index in [1.807, 2.05) is 19.9 Å². The Morgan fingerprint density at radius 1 is 1.26 bits per heavy atom. The van der Waals surface area contributed by atoms with Crippen LogP contribution in [0.3, 0.4) is 0 Å². The lowest BCUT2D eigenvalue weighted by atomic mass is 9.94. The molecule has 0 aromatic heterocycles. The second-order valence-electron chi connectivity index (χ2n) is 6.75. The normalized spacial score (nSPS) is 30.0. The van der Waals surface area contributed by atoms with Gasteiger partial charge in [-0.05, 0) is 66.7 Å². The van der Waals surface area contributed by atoms with Crippen molar-refractivity contribution in [3.05, 3.63) is 24.3 Å². The van der Waals surface area contributed by atoms with Gasteiger partial charge < -0.3 is 9.64 Å². The second-order valence-corrected chi connectivity index (χ2v) is 7.97. The molecule has 1 fully saturated rings. The number of nitrogens with zero attached hydrogens (tertiary/aromatic N) is 1. The van der Waals surface area contributed by atoms with Gasteiger partial charge in [-0.3, -0.25) is 0 Å². The maximum Gasteiger partial charge on any atom is 0.212 e. The third-order valence-electron chi connectivity index (χ3n) is 5.09. The van der Waals surface area contributed by atoms with Gasteiger partial charge in [0.2, 0.25) is 4.58 Å². The minimum Gasteiger partial charge on any atom is -0.369 e. The van der Waals surface area contributed by atoms with Gasteiger partial charge in [-0.15, -0.1) is 0 Å². The Balaban J connectivity index is 1.73. The van der Waals surface area contributed by atoms with Crippen molar-refractivity contribution in [1.29, 1.82) is 0 Å². The van der Waals surface area contributed by atoms with Crippen molar-refractivity contribution in [1.82, 2.24) is 4.90 Å². The van der Waals surface area contributed by atoms with Crippen molar-refractivity contribution >= 4 is 15.9 Å². The molecule has 0 amide bonds. The van der Waals surface area contributed by atoms with Crippen LogP contribution >= 0.6 is 15.9 Å². The summed E-state index contributed by atoms with van der Waals surface area (Å²) in [4.78, 5) is 2.22. The number of allylic oxidation sites excluding steroid dienone is 2. The van der Waals surface area contributed by atoms with Crippen LogP contribution in [0.4, 0.5) is 8.78 Å². The molecule has 1 heterocycles. The van der Waals surface area contributed by atoms with E-state index in [-0.39, 0.29) is 0 Å². The van der Waals surface area contributed by atoms with Gasteiger partial charge >= 0.3 is 0 Å². The van der Waals surface area contributed by atoms with E-state index in [2.05, 4.69) is 20.8 Å². The highest BCUT2D eigenvalue weighted by Gasteiger charge is 2.35. The van der Waals surface area contributed by atoms with Crippen molar-refractivity contribution < 1.29 is 13.5 Å². The Morgan fingerprint density at radius 2 is 1.91 bits per heavy atom. The first-order chi connectivity index (χ1) is 10.9. The topological polar surface area (TPSA) is 12.5 Å². The van der Waals surface area contributed by atoms with E-state index in [0.717, 1.165) is 25.9 Å². The third-order valence-corrected chi connectivity index (χ3v) is 5.80. The number of alkyl halides is 3. The molecular formula is C18H28BrF2NO. The molecule has 0 aromatic carbocycles. The molecule has 0 radical (unpaired) electrons. The molecule has 2 unspecified atom stereocenters. The maximum absolute atomic E-state index is 14.5. The summed E-state index contributed by atoms with van der Waals surface area (Å²) in [6.45, 7) is 6.71. The Kier molecular flexibility index (Phi) is 6.81. The van der Waals surface area contributed by atoms with Gasteiger partial charge in [0.05, 0.1) is 6.61 Å². The summed E-state index contributed by atoms with van der Waals surface area (Å²) in [5, 5.41) is 0. The van der Waals surface area contributed by atoms with Crippen LogP contribution in [0.1, 0.15) is 39.5 Å². The van der Waals surface area contributed by atoms with Gasteiger partial charge in [0.25, 0.3) is 0 Å². The third kappa shape index (κ3) is 5.36. The molecule has 23 heavy (non-hydrogen) atoms. The molecule has 1 aliphatic carbocycles. The van der Waals surface area contributed by atoms with Gasteiger partial charge in [-0.1, -0.05) is 32.1 Å². The quantitative estimate of drug-likeness (QED) is 0.578. The molecule has 2 rings (SSSR count). The molecule has 0 saturated carbocycles. The minimum atomic E-state index is -1.61. The fourth-order valence-corrected chi connectivity index (χ4v) is 3.60. The fraction of sp³-hybridized carbons (Fsp3) is 0.778. The zero-order valence-corrected chi connectivity index (χ0v) is 15.7. The summed E-state index contributed by atoms with van der Waals surface area (Å²) < 4.78 is 32.9. The average Bonchev–Trinajstić information content (AvgIpc) is 2.55. The Labute approximate surface area is 147 Å². The van der Waals surface area contributed by atoms with Crippen molar-refractivity contribution in [2.24, 2.45) is 5.92 Å².